The number of ether oxygens (including phenoxy) is 1. The van der Waals surface area contributed by atoms with Gasteiger partial charge in [-0.2, -0.15) is 0 Å². The van der Waals surface area contributed by atoms with E-state index in [1.165, 1.54) is 17.2 Å². The maximum atomic E-state index is 14.2. The van der Waals surface area contributed by atoms with Crippen molar-refractivity contribution in [3.05, 3.63) is 65.0 Å². The Kier molecular flexibility index (Phi) is 3.79. The second kappa shape index (κ2) is 5.57. The molecule has 0 heterocycles. The van der Waals surface area contributed by atoms with Crippen LogP contribution < -0.4 is 4.74 Å². The molecular formula is C17H16BrFO. The molecule has 0 bridgehead atoms. The molecule has 0 fully saturated rings. The molecule has 0 aromatic heterocycles. The van der Waals surface area contributed by atoms with E-state index in [0.717, 1.165) is 12.8 Å². The SMILES string of the molecule is COc1ccc(C(Br)C2Cc3ccccc3C2)c(F)c1. The molecule has 3 heteroatoms. The van der Waals surface area contributed by atoms with Crippen molar-refractivity contribution in [3.8, 4) is 5.75 Å². The highest BCUT2D eigenvalue weighted by molar-refractivity contribution is 9.09. The van der Waals surface area contributed by atoms with Crippen LogP contribution in [-0.2, 0) is 12.8 Å². The average Bonchev–Trinajstić information content (AvgIpc) is 2.90. The molecule has 0 saturated carbocycles. The Morgan fingerprint density at radius 2 is 1.80 bits per heavy atom. The largest absolute Gasteiger partial charge is 0.497 e. The smallest absolute Gasteiger partial charge is 0.131 e. The first-order valence-corrected chi connectivity index (χ1v) is 7.65. The van der Waals surface area contributed by atoms with Gasteiger partial charge in [-0.15, -0.1) is 0 Å². The minimum atomic E-state index is -0.206. The first-order valence-electron chi connectivity index (χ1n) is 6.73. The van der Waals surface area contributed by atoms with Crippen molar-refractivity contribution < 1.29 is 9.13 Å². The molecule has 0 N–H and O–H groups in total. The zero-order valence-corrected chi connectivity index (χ0v) is 12.9. The highest BCUT2D eigenvalue weighted by Crippen LogP contribution is 2.41. The summed E-state index contributed by atoms with van der Waals surface area (Å²) in [5.41, 5.74) is 3.48. The first kappa shape index (κ1) is 13.6. The second-order valence-electron chi connectivity index (χ2n) is 5.23. The highest BCUT2D eigenvalue weighted by Gasteiger charge is 2.29. The Balaban J connectivity index is 1.82. The van der Waals surface area contributed by atoms with Crippen LogP contribution in [0.25, 0.3) is 0 Å². The van der Waals surface area contributed by atoms with Gasteiger partial charge in [0.05, 0.1) is 7.11 Å². The number of fused-ring (bicyclic) bond motifs is 1. The van der Waals surface area contributed by atoms with Crippen LogP contribution in [0.3, 0.4) is 0 Å². The Hall–Kier alpha value is -1.35. The lowest BCUT2D eigenvalue weighted by molar-refractivity contribution is 0.410. The van der Waals surface area contributed by atoms with Gasteiger partial charge in [0.25, 0.3) is 0 Å². The molecule has 2 aromatic carbocycles. The fourth-order valence-electron chi connectivity index (χ4n) is 2.91. The van der Waals surface area contributed by atoms with Gasteiger partial charge in [-0.1, -0.05) is 46.3 Å². The van der Waals surface area contributed by atoms with Gasteiger partial charge < -0.3 is 4.74 Å². The number of benzene rings is 2. The van der Waals surface area contributed by atoms with Crippen molar-refractivity contribution in [2.24, 2.45) is 5.92 Å². The summed E-state index contributed by atoms with van der Waals surface area (Å²) in [4.78, 5) is 0.0285. The van der Waals surface area contributed by atoms with Crippen molar-refractivity contribution >= 4 is 15.9 Å². The van der Waals surface area contributed by atoms with E-state index in [9.17, 15) is 4.39 Å². The summed E-state index contributed by atoms with van der Waals surface area (Å²) in [6, 6.07) is 13.5. The van der Waals surface area contributed by atoms with E-state index in [-0.39, 0.29) is 10.6 Å². The topological polar surface area (TPSA) is 9.23 Å². The molecule has 20 heavy (non-hydrogen) atoms. The molecule has 1 aliphatic carbocycles. The van der Waals surface area contributed by atoms with Crippen LogP contribution >= 0.6 is 15.9 Å². The van der Waals surface area contributed by atoms with Crippen LogP contribution in [0, 0.1) is 11.7 Å². The molecule has 104 valence electrons. The third kappa shape index (κ3) is 2.47. The summed E-state index contributed by atoms with van der Waals surface area (Å²) >= 11 is 3.69. The summed E-state index contributed by atoms with van der Waals surface area (Å²) in [5, 5.41) is 0. The molecule has 1 aliphatic rings. The molecule has 0 aliphatic heterocycles. The van der Waals surface area contributed by atoms with E-state index in [4.69, 9.17) is 4.74 Å². The van der Waals surface area contributed by atoms with Crippen molar-refractivity contribution in [2.45, 2.75) is 17.7 Å². The molecule has 0 radical (unpaired) electrons. The number of hydrogen-bond acceptors (Lipinski definition) is 1. The molecule has 1 unspecified atom stereocenters. The number of hydrogen-bond donors (Lipinski definition) is 0. The normalized spacial score (nSPS) is 15.9. The van der Waals surface area contributed by atoms with E-state index in [2.05, 4.69) is 40.2 Å². The van der Waals surface area contributed by atoms with Crippen molar-refractivity contribution in [1.82, 2.24) is 0 Å². The fraction of sp³-hybridized carbons (Fsp3) is 0.294. The van der Waals surface area contributed by atoms with Gasteiger partial charge in [0, 0.05) is 16.5 Å². The van der Waals surface area contributed by atoms with E-state index in [0.29, 0.717) is 17.2 Å². The predicted molar refractivity (Wildman–Crippen MR) is 82.0 cm³/mol. The minimum Gasteiger partial charge on any atom is -0.497 e. The Bertz CT molecular complexity index is 601. The molecular weight excluding hydrogens is 319 g/mol. The average molecular weight is 335 g/mol. The van der Waals surface area contributed by atoms with Crippen molar-refractivity contribution in [3.63, 3.8) is 0 Å². The van der Waals surface area contributed by atoms with Gasteiger partial charge in [0.15, 0.2) is 0 Å². The van der Waals surface area contributed by atoms with Crippen LogP contribution in [-0.4, -0.2) is 7.11 Å². The van der Waals surface area contributed by atoms with Crippen LogP contribution in [0.15, 0.2) is 42.5 Å². The third-order valence-corrected chi connectivity index (χ3v) is 5.24. The van der Waals surface area contributed by atoms with E-state index < -0.39 is 0 Å². The van der Waals surface area contributed by atoms with E-state index >= 15 is 0 Å². The lowest BCUT2D eigenvalue weighted by atomic mass is 9.96. The highest BCUT2D eigenvalue weighted by atomic mass is 79.9. The number of alkyl halides is 1. The molecule has 0 amide bonds. The molecule has 0 saturated heterocycles. The van der Waals surface area contributed by atoms with Crippen LogP contribution in [0.4, 0.5) is 4.39 Å². The minimum absolute atomic E-state index is 0.0285. The summed E-state index contributed by atoms with van der Waals surface area (Å²) < 4.78 is 19.2. The Morgan fingerprint density at radius 3 is 2.35 bits per heavy atom. The summed E-state index contributed by atoms with van der Waals surface area (Å²) in [7, 11) is 1.55. The zero-order chi connectivity index (χ0) is 14.1. The lowest BCUT2D eigenvalue weighted by Crippen LogP contribution is -2.09. The second-order valence-corrected chi connectivity index (χ2v) is 6.21. The van der Waals surface area contributed by atoms with Gasteiger partial charge in [-0.3, -0.25) is 0 Å². The molecule has 2 aromatic rings. The van der Waals surface area contributed by atoms with Crippen molar-refractivity contribution in [2.75, 3.05) is 7.11 Å². The maximum absolute atomic E-state index is 14.2. The molecule has 3 rings (SSSR count). The number of rotatable bonds is 3. The predicted octanol–water partition coefficient (Wildman–Crippen LogP) is 4.69. The summed E-state index contributed by atoms with van der Waals surface area (Å²) in [5.74, 6) is 0.748. The molecule has 0 spiro atoms. The fourth-order valence-corrected chi connectivity index (χ4v) is 3.66. The number of halogens is 2. The Labute approximate surface area is 126 Å². The quantitative estimate of drug-likeness (QED) is 0.740. The van der Waals surface area contributed by atoms with Crippen LogP contribution in [0.2, 0.25) is 0 Å². The summed E-state index contributed by atoms with van der Waals surface area (Å²) in [6.45, 7) is 0. The first-order chi connectivity index (χ1) is 9.69. The van der Waals surface area contributed by atoms with Gasteiger partial charge in [-0.05, 0) is 36.0 Å². The molecule has 1 atom stereocenters. The van der Waals surface area contributed by atoms with Crippen LogP contribution in [0.5, 0.6) is 5.75 Å². The maximum Gasteiger partial charge on any atom is 0.131 e. The monoisotopic (exact) mass is 334 g/mol. The van der Waals surface area contributed by atoms with Gasteiger partial charge in [0.2, 0.25) is 0 Å². The van der Waals surface area contributed by atoms with Crippen LogP contribution in [0.1, 0.15) is 21.5 Å². The van der Waals surface area contributed by atoms with E-state index in [1.54, 1.807) is 7.11 Å². The van der Waals surface area contributed by atoms with Gasteiger partial charge >= 0.3 is 0 Å². The van der Waals surface area contributed by atoms with Crippen molar-refractivity contribution in [1.29, 1.82) is 0 Å². The summed E-state index contributed by atoms with van der Waals surface area (Å²) in [6.07, 6.45) is 2.00. The van der Waals surface area contributed by atoms with Gasteiger partial charge in [-0.25, -0.2) is 4.39 Å². The Morgan fingerprint density at radius 1 is 1.15 bits per heavy atom. The molecule has 1 nitrogen and oxygen atoms in total. The van der Waals surface area contributed by atoms with E-state index in [1.807, 2.05) is 12.1 Å². The standard InChI is InChI=1S/C17H16BrFO/c1-20-14-6-7-15(16(19)10-14)17(18)13-8-11-4-2-3-5-12(11)9-13/h2-7,10,13,17H,8-9H2,1H3. The van der Waals surface area contributed by atoms with Gasteiger partial charge in [0.1, 0.15) is 11.6 Å². The third-order valence-electron chi connectivity index (χ3n) is 4.00. The zero-order valence-electron chi connectivity index (χ0n) is 11.3. The lowest BCUT2D eigenvalue weighted by Gasteiger charge is -2.18. The number of methoxy groups -OCH3 is 1.